The summed E-state index contributed by atoms with van der Waals surface area (Å²) in [6.45, 7) is -0.629. The summed E-state index contributed by atoms with van der Waals surface area (Å²) in [6.07, 6.45) is -8.98. The van der Waals surface area contributed by atoms with Crippen molar-refractivity contribution in [3.63, 3.8) is 0 Å². The van der Waals surface area contributed by atoms with Gasteiger partial charge in [0.05, 0.1) is 18.7 Å². The van der Waals surface area contributed by atoms with E-state index in [-0.39, 0.29) is 11.1 Å². The Kier molecular flexibility index (Phi) is 4.80. The fourth-order valence-electron chi connectivity index (χ4n) is 1.57. The van der Waals surface area contributed by atoms with Crippen LogP contribution in [0.15, 0.2) is 18.2 Å². The summed E-state index contributed by atoms with van der Waals surface area (Å²) in [7, 11) is 0. The van der Waals surface area contributed by atoms with E-state index in [9.17, 15) is 31.1 Å². The summed E-state index contributed by atoms with van der Waals surface area (Å²) >= 11 is 0. The maximum Gasteiger partial charge on any atom is 0.416 e. The number of nitrogens with one attached hydrogen (secondary N) is 1. The zero-order chi connectivity index (χ0) is 15.6. The predicted molar refractivity (Wildman–Crippen MR) is 59.4 cm³/mol. The molecule has 1 aromatic rings. The van der Waals surface area contributed by atoms with Crippen LogP contribution >= 0.6 is 0 Å². The van der Waals surface area contributed by atoms with Crippen LogP contribution < -0.4 is 5.32 Å². The largest absolute Gasteiger partial charge is 0.416 e. The number of hydrogen-bond donors (Lipinski definition) is 1. The van der Waals surface area contributed by atoms with Gasteiger partial charge < -0.3 is 5.32 Å². The molecule has 0 heterocycles. The first-order valence-electron chi connectivity index (χ1n) is 5.49. The van der Waals surface area contributed by atoms with Crippen LogP contribution in [-0.2, 0) is 6.18 Å². The third-order valence-corrected chi connectivity index (χ3v) is 2.47. The molecule has 112 valence electrons. The molecule has 8 heteroatoms. The first-order chi connectivity index (χ1) is 9.00. The van der Waals surface area contributed by atoms with Crippen LogP contribution in [0.1, 0.15) is 21.5 Å². The summed E-state index contributed by atoms with van der Waals surface area (Å²) in [4.78, 5) is 11.6. The number of hydrogen-bond acceptors (Lipinski definition) is 2. The molecule has 0 saturated heterocycles. The van der Waals surface area contributed by atoms with Gasteiger partial charge in [0.25, 0.3) is 0 Å². The number of rotatable bonds is 4. The lowest BCUT2D eigenvalue weighted by Crippen LogP contribution is -2.33. The van der Waals surface area contributed by atoms with Crippen molar-refractivity contribution in [2.24, 2.45) is 0 Å². The van der Waals surface area contributed by atoms with Gasteiger partial charge in [-0.2, -0.15) is 26.3 Å². The second-order valence-corrected chi connectivity index (χ2v) is 4.17. The SMILES string of the molecule is Cc1cc(C(F)(F)F)ccc1C(=O)CNCC(F)(F)F. The lowest BCUT2D eigenvalue weighted by Gasteiger charge is -2.11. The van der Waals surface area contributed by atoms with Gasteiger partial charge in [0.2, 0.25) is 0 Å². The number of aryl methyl sites for hydroxylation is 1. The molecule has 0 aliphatic rings. The third-order valence-electron chi connectivity index (χ3n) is 2.47. The molecule has 0 saturated carbocycles. The Morgan fingerprint density at radius 3 is 2.20 bits per heavy atom. The van der Waals surface area contributed by atoms with E-state index in [2.05, 4.69) is 0 Å². The molecule has 0 aliphatic carbocycles. The van der Waals surface area contributed by atoms with Crippen molar-refractivity contribution in [2.45, 2.75) is 19.3 Å². The van der Waals surface area contributed by atoms with E-state index in [4.69, 9.17) is 0 Å². The minimum absolute atomic E-state index is 0.0346. The van der Waals surface area contributed by atoms with Gasteiger partial charge in [-0.25, -0.2) is 0 Å². The predicted octanol–water partition coefficient (Wildman–Crippen LogP) is 3.35. The van der Waals surface area contributed by atoms with Gasteiger partial charge in [-0.05, 0) is 24.6 Å². The number of carbonyl (C=O) groups is 1. The van der Waals surface area contributed by atoms with Gasteiger partial charge in [0.1, 0.15) is 0 Å². The molecule has 20 heavy (non-hydrogen) atoms. The highest BCUT2D eigenvalue weighted by Crippen LogP contribution is 2.30. The van der Waals surface area contributed by atoms with Crippen LogP contribution in [0.3, 0.4) is 0 Å². The number of halogens is 6. The first-order valence-corrected chi connectivity index (χ1v) is 5.49. The Balaban J connectivity index is 2.75. The highest BCUT2D eigenvalue weighted by molar-refractivity contribution is 5.99. The summed E-state index contributed by atoms with van der Waals surface area (Å²) in [5, 5.41) is 1.90. The van der Waals surface area contributed by atoms with Crippen molar-refractivity contribution in [1.29, 1.82) is 0 Å². The van der Waals surface area contributed by atoms with E-state index < -0.39 is 36.8 Å². The lowest BCUT2D eigenvalue weighted by molar-refractivity contribution is -0.137. The maximum absolute atomic E-state index is 12.4. The minimum Gasteiger partial charge on any atom is -0.302 e. The molecule has 0 atom stereocenters. The highest BCUT2D eigenvalue weighted by atomic mass is 19.4. The van der Waals surface area contributed by atoms with Crippen LogP contribution in [0.4, 0.5) is 26.3 Å². The second kappa shape index (κ2) is 5.82. The van der Waals surface area contributed by atoms with Crippen LogP contribution in [0.25, 0.3) is 0 Å². The topological polar surface area (TPSA) is 29.1 Å². The van der Waals surface area contributed by atoms with E-state index >= 15 is 0 Å². The van der Waals surface area contributed by atoms with Crippen molar-refractivity contribution in [2.75, 3.05) is 13.1 Å². The first kappa shape index (κ1) is 16.5. The van der Waals surface area contributed by atoms with Gasteiger partial charge in [0, 0.05) is 5.56 Å². The molecule has 1 aromatic carbocycles. The zero-order valence-electron chi connectivity index (χ0n) is 10.3. The maximum atomic E-state index is 12.4. The molecule has 1 rings (SSSR count). The molecule has 0 unspecified atom stereocenters. The molecule has 0 aromatic heterocycles. The van der Waals surface area contributed by atoms with Gasteiger partial charge >= 0.3 is 12.4 Å². The number of ketones is 1. The summed E-state index contributed by atoms with van der Waals surface area (Å²) < 4.78 is 72.9. The van der Waals surface area contributed by atoms with Crippen LogP contribution in [0, 0.1) is 6.92 Å². The van der Waals surface area contributed by atoms with Gasteiger partial charge in [-0.3, -0.25) is 4.79 Å². The molecule has 0 fully saturated rings. The molecule has 0 radical (unpaired) electrons. The Hall–Kier alpha value is -1.57. The average Bonchev–Trinajstić information content (AvgIpc) is 2.25. The highest BCUT2D eigenvalue weighted by Gasteiger charge is 2.31. The number of benzene rings is 1. The fourth-order valence-corrected chi connectivity index (χ4v) is 1.57. The Bertz CT molecular complexity index is 492. The van der Waals surface area contributed by atoms with E-state index in [1.165, 1.54) is 6.92 Å². The number of alkyl halides is 6. The van der Waals surface area contributed by atoms with Gasteiger partial charge in [-0.15, -0.1) is 0 Å². The molecule has 1 N–H and O–H groups in total. The summed E-state index contributed by atoms with van der Waals surface area (Å²) in [5.41, 5.74) is -0.874. The average molecular weight is 299 g/mol. The monoisotopic (exact) mass is 299 g/mol. The molecule has 0 bridgehead atoms. The molecule has 0 spiro atoms. The minimum atomic E-state index is -4.53. The quantitative estimate of drug-likeness (QED) is 0.682. The van der Waals surface area contributed by atoms with Gasteiger partial charge in [0.15, 0.2) is 5.78 Å². The molecule has 0 aliphatic heterocycles. The van der Waals surface area contributed by atoms with Crippen molar-refractivity contribution in [3.8, 4) is 0 Å². The molecular formula is C12H11F6NO. The summed E-state index contributed by atoms with van der Waals surface area (Å²) in [5.74, 6) is -0.694. The number of Topliss-reactive ketones (excluding diaryl/α,β-unsaturated/α-hetero) is 1. The molecular weight excluding hydrogens is 288 g/mol. The van der Waals surface area contributed by atoms with E-state index in [1.54, 1.807) is 0 Å². The summed E-state index contributed by atoms with van der Waals surface area (Å²) in [6, 6.07) is 2.48. The Morgan fingerprint density at radius 1 is 1.15 bits per heavy atom. The number of carbonyl (C=O) groups excluding carboxylic acids is 1. The zero-order valence-corrected chi connectivity index (χ0v) is 10.3. The fraction of sp³-hybridized carbons (Fsp3) is 0.417. The van der Waals surface area contributed by atoms with Crippen molar-refractivity contribution in [3.05, 3.63) is 34.9 Å². The van der Waals surface area contributed by atoms with Crippen molar-refractivity contribution in [1.82, 2.24) is 5.32 Å². The van der Waals surface area contributed by atoms with E-state index in [0.717, 1.165) is 18.2 Å². The molecule has 0 amide bonds. The normalized spacial score (nSPS) is 12.6. The standard InChI is InChI=1S/C12H11F6NO/c1-7-4-8(12(16,17)18)2-3-9(7)10(20)5-19-6-11(13,14)15/h2-4,19H,5-6H2,1H3. The lowest BCUT2D eigenvalue weighted by atomic mass is 10.0. The Morgan fingerprint density at radius 2 is 1.75 bits per heavy atom. The third kappa shape index (κ3) is 4.84. The van der Waals surface area contributed by atoms with E-state index in [0.29, 0.717) is 0 Å². The van der Waals surface area contributed by atoms with Crippen LogP contribution in [0.5, 0.6) is 0 Å². The van der Waals surface area contributed by atoms with Crippen molar-refractivity contribution >= 4 is 5.78 Å². The van der Waals surface area contributed by atoms with Crippen molar-refractivity contribution < 1.29 is 31.1 Å². The second-order valence-electron chi connectivity index (χ2n) is 4.17. The smallest absolute Gasteiger partial charge is 0.302 e. The van der Waals surface area contributed by atoms with Gasteiger partial charge in [-0.1, -0.05) is 6.07 Å². The van der Waals surface area contributed by atoms with Crippen LogP contribution in [-0.4, -0.2) is 25.0 Å². The Labute approximate surface area is 110 Å². The molecule has 2 nitrogen and oxygen atoms in total. The van der Waals surface area contributed by atoms with Crippen LogP contribution in [0.2, 0.25) is 0 Å². The van der Waals surface area contributed by atoms with E-state index in [1.807, 2.05) is 5.32 Å².